The molecule has 7 nitrogen and oxygen atoms in total. The fourth-order valence-corrected chi connectivity index (χ4v) is 3.02. The second kappa shape index (κ2) is 6.23. The van der Waals surface area contributed by atoms with Crippen molar-refractivity contribution in [3.8, 4) is 0 Å². The first-order chi connectivity index (χ1) is 9.58. The van der Waals surface area contributed by atoms with E-state index in [1.807, 2.05) is 0 Å². The molecular weight excluding hydrogens is 298 g/mol. The number of aliphatic carboxylic acids is 1. The van der Waals surface area contributed by atoms with Gasteiger partial charge in [0.25, 0.3) is 0 Å². The van der Waals surface area contributed by atoms with Gasteiger partial charge in [-0.1, -0.05) is 12.1 Å². The van der Waals surface area contributed by atoms with E-state index >= 15 is 0 Å². The second-order valence-electron chi connectivity index (χ2n) is 4.94. The molecule has 116 valence electrons. The van der Waals surface area contributed by atoms with Crippen LogP contribution in [-0.4, -0.2) is 38.1 Å². The number of sulfonamides is 1. The molecule has 21 heavy (non-hydrogen) atoms. The van der Waals surface area contributed by atoms with Crippen LogP contribution in [0.3, 0.4) is 0 Å². The Bertz CT molecular complexity index is 633. The molecule has 2 N–H and O–H groups in total. The molecule has 0 aromatic heterocycles. The van der Waals surface area contributed by atoms with E-state index in [1.165, 1.54) is 45.2 Å². The van der Waals surface area contributed by atoms with Gasteiger partial charge >= 0.3 is 11.9 Å². The maximum atomic E-state index is 12.2. The Morgan fingerprint density at radius 1 is 1.24 bits per heavy atom. The minimum absolute atomic E-state index is 0.0615. The van der Waals surface area contributed by atoms with Crippen molar-refractivity contribution >= 4 is 22.0 Å². The third kappa shape index (κ3) is 4.54. The fourth-order valence-electron chi connectivity index (χ4n) is 1.65. The first-order valence-corrected chi connectivity index (χ1v) is 7.50. The van der Waals surface area contributed by atoms with Crippen LogP contribution in [0.2, 0.25) is 0 Å². The summed E-state index contributed by atoms with van der Waals surface area (Å²) in [4.78, 5) is 22.0. The summed E-state index contributed by atoms with van der Waals surface area (Å²) in [6, 6.07) is 5.39. The SMILES string of the molecule is COC(=O)C(C)(C)NS(=O)(=O)c1ccc(CC(=O)O)cc1. The van der Waals surface area contributed by atoms with Crippen LogP contribution in [0.4, 0.5) is 0 Å². The number of methoxy groups -OCH3 is 1. The van der Waals surface area contributed by atoms with Crippen LogP contribution in [0.1, 0.15) is 19.4 Å². The van der Waals surface area contributed by atoms with E-state index in [1.54, 1.807) is 0 Å². The van der Waals surface area contributed by atoms with E-state index in [0.29, 0.717) is 5.56 Å². The van der Waals surface area contributed by atoms with Gasteiger partial charge in [0.1, 0.15) is 5.54 Å². The van der Waals surface area contributed by atoms with Gasteiger partial charge in [0, 0.05) is 0 Å². The van der Waals surface area contributed by atoms with Gasteiger partial charge < -0.3 is 9.84 Å². The monoisotopic (exact) mass is 315 g/mol. The molecule has 0 aliphatic carbocycles. The number of rotatable bonds is 6. The lowest BCUT2D eigenvalue weighted by atomic mass is 10.1. The highest BCUT2D eigenvalue weighted by molar-refractivity contribution is 7.89. The maximum Gasteiger partial charge on any atom is 0.326 e. The summed E-state index contributed by atoms with van der Waals surface area (Å²) < 4.78 is 31.1. The molecule has 0 fully saturated rings. The summed E-state index contributed by atoms with van der Waals surface area (Å²) in [7, 11) is -2.75. The minimum Gasteiger partial charge on any atom is -0.481 e. The largest absolute Gasteiger partial charge is 0.481 e. The molecule has 0 unspecified atom stereocenters. The third-order valence-electron chi connectivity index (χ3n) is 2.67. The number of esters is 1. The molecule has 0 saturated carbocycles. The predicted molar refractivity (Wildman–Crippen MR) is 74.2 cm³/mol. The number of carbonyl (C=O) groups is 2. The maximum absolute atomic E-state index is 12.2. The molecule has 0 spiro atoms. The molecule has 1 aromatic rings. The number of hydrogen-bond donors (Lipinski definition) is 2. The summed E-state index contributed by atoms with van der Waals surface area (Å²) in [6.45, 7) is 2.77. The zero-order chi connectivity index (χ0) is 16.3. The molecule has 0 amide bonds. The molecule has 0 bridgehead atoms. The zero-order valence-corrected chi connectivity index (χ0v) is 12.7. The topological polar surface area (TPSA) is 110 Å². The quantitative estimate of drug-likeness (QED) is 0.742. The van der Waals surface area contributed by atoms with E-state index in [4.69, 9.17) is 5.11 Å². The third-order valence-corrected chi connectivity index (χ3v) is 4.35. The summed E-state index contributed by atoms with van der Waals surface area (Å²) in [5.41, 5.74) is -0.929. The van der Waals surface area contributed by atoms with Gasteiger partial charge in [-0.3, -0.25) is 9.59 Å². The Morgan fingerprint density at radius 3 is 2.19 bits per heavy atom. The summed E-state index contributed by atoms with van der Waals surface area (Å²) >= 11 is 0. The van der Waals surface area contributed by atoms with Gasteiger partial charge in [-0.15, -0.1) is 0 Å². The van der Waals surface area contributed by atoms with E-state index < -0.39 is 27.5 Å². The molecule has 0 aliphatic rings. The van der Waals surface area contributed by atoms with Crippen molar-refractivity contribution in [3.05, 3.63) is 29.8 Å². The molecule has 0 heterocycles. The number of ether oxygens (including phenoxy) is 1. The number of nitrogens with one attached hydrogen (secondary N) is 1. The van der Waals surface area contributed by atoms with Crippen molar-refractivity contribution in [1.29, 1.82) is 0 Å². The molecule has 0 radical (unpaired) electrons. The van der Waals surface area contributed by atoms with E-state index in [9.17, 15) is 18.0 Å². The summed E-state index contributed by atoms with van der Waals surface area (Å²) in [5, 5.41) is 8.66. The average molecular weight is 315 g/mol. The van der Waals surface area contributed by atoms with Gasteiger partial charge in [-0.05, 0) is 31.5 Å². The van der Waals surface area contributed by atoms with Gasteiger partial charge in [0.05, 0.1) is 18.4 Å². The van der Waals surface area contributed by atoms with Crippen molar-refractivity contribution in [2.24, 2.45) is 0 Å². The fraction of sp³-hybridized carbons (Fsp3) is 0.385. The number of benzene rings is 1. The summed E-state index contributed by atoms with van der Waals surface area (Å²) in [6.07, 6.45) is -0.193. The van der Waals surface area contributed by atoms with Crippen LogP contribution in [0, 0.1) is 0 Å². The molecule has 0 saturated heterocycles. The Morgan fingerprint density at radius 2 is 1.76 bits per heavy atom. The van der Waals surface area contributed by atoms with Crippen molar-refractivity contribution < 1.29 is 27.9 Å². The van der Waals surface area contributed by atoms with Gasteiger partial charge in [0.2, 0.25) is 10.0 Å². The van der Waals surface area contributed by atoms with E-state index in [0.717, 1.165) is 0 Å². The lowest BCUT2D eigenvalue weighted by molar-refractivity contribution is -0.146. The van der Waals surface area contributed by atoms with Crippen LogP contribution in [-0.2, 0) is 30.8 Å². The lowest BCUT2D eigenvalue weighted by Gasteiger charge is -2.22. The molecule has 8 heteroatoms. The second-order valence-corrected chi connectivity index (χ2v) is 6.62. The molecule has 1 rings (SSSR count). The first kappa shape index (κ1) is 17.1. The van der Waals surface area contributed by atoms with Gasteiger partial charge in [-0.25, -0.2) is 8.42 Å². The van der Waals surface area contributed by atoms with Gasteiger partial charge in [-0.2, -0.15) is 4.72 Å². The van der Waals surface area contributed by atoms with Crippen molar-refractivity contribution in [3.63, 3.8) is 0 Å². The zero-order valence-electron chi connectivity index (χ0n) is 11.9. The average Bonchev–Trinajstić information content (AvgIpc) is 2.36. The van der Waals surface area contributed by atoms with Crippen LogP contribution >= 0.6 is 0 Å². The number of hydrogen-bond acceptors (Lipinski definition) is 5. The molecule has 1 aromatic carbocycles. The first-order valence-electron chi connectivity index (χ1n) is 6.01. The smallest absolute Gasteiger partial charge is 0.326 e. The van der Waals surface area contributed by atoms with Crippen molar-refractivity contribution in [2.45, 2.75) is 30.7 Å². The molecule has 0 aliphatic heterocycles. The number of carbonyl (C=O) groups excluding carboxylic acids is 1. The molecule has 0 atom stereocenters. The van der Waals surface area contributed by atoms with Crippen molar-refractivity contribution in [2.75, 3.05) is 7.11 Å². The van der Waals surface area contributed by atoms with Crippen LogP contribution in [0.5, 0.6) is 0 Å². The number of carboxylic acid groups (broad SMARTS) is 1. The normalized spacial score (nSPS) is 12.0. The van der Waals surface area contributed by atoms with E-state index in [-0.39, 0.29) is 11.3 Å². The predicted octanol–water partition coefficient (Wildman–Crippen LogP) is 0.544. The Balaban J connectivity index is 2.98. The van der Waals surface area contributed by atoms with Crippen LogP contribution < -0.4 is 4.72 Å². The minimum atomic E-state index is -3.92. The van der Waals surface area contributed by atoms with Crippen LogP contribution in [0.25, 0.3) is 0 Å². The highest BCUT2D eigenvalue weighted by atomic mass is 32.2. The Kier molecular flexibility index (Phi) is 5.08. The Hall–Kier alpha value is -1.93. The molecular formula is C13H17NO6S. The highest BCUT2D eigenvalue weighted by Gasteiger charge is 2.34. The Labute approximate surface area is 123 Å². The van der Waals surface area contributed by atoms with E-state index in [2.05, 4.69) is 9.46 Å². The lowest BCUT2D eigenvalue weighted by Crippen LogP contribution is -2.50. The highest BCUT2D eigenvalue weighted by Crippen LogP contribution is 2.15. The summed E-state index contributed by atoms with van der Waals surface area (Å²) in [5.74, 6) is -1.72. The van der Waals surface area contributed by atoms with Crippen LogP contribution in [0.15, 0.2) is 29.2 Å². The number of carboxylic acids is 1. The van der Waals surface area contributed by atoms with Gasteiger partial charge in [0.15, 0.2) is 0 Å². The van der Waals surface area contributed by atoms with Crippen molar-refractivity contribution in [1.82, 2.24) is 4.72 Å². The standard InChI is InChI=1S/C13H17NO6S/c1-13(2,12(17)20-3)14-21(18,19)10-6-4-9(5-7-10)8-11(15)16/h4-7,14H,8H2,1-3H3,(H,15,16).